The number of benzene rings is 2. The van der Waals surface area contributed by atoms with Crippen molar-refractivity contribution in [2.75, 3.05) is 38.5 Å². The zero-order valence-electron chi connectivity index (χ0n) is 22.5. The molecule has 204 valence electrons. The third-order valence-electron chi connectivity index (χ3n) is 6.84. The van der Waals surface area contributed by atoms with Crippen molar-refractivity contribution in [1.29, 1.82) is 0 Å². The number of anilines is 1. The van der Waals surface area contributed by atoms with E-state index in [1.807, 2.05) is 31.1 Å². The van der Waals surface area contributed by atoms with Gasteiger partial charge in [0.05, 0.1) is 5.56 Å². The molecule has 0 spiro atoms. The molecule has 0 atom stereocenters. The summed E-state index contributed by atoms with van der Waals surface area (Å²) in [4.78, 5) is 21.4. The molecular formula is C31H33F3N4O. The lowest BCUT2D eigenvalue weighted by molar-refractivity contribution is -0.138. The van der Waals surface area contributed by atoms with E-state index in [0.717, 1.165) is 48.7 Å². The number of pyridine rings is 1. The Labute approximate surface area is 228 Å². The summed E-state index contributed by atoms with van der Waals surface area (Å²) in [6, 6.07) is 11.1. The fourth-order valence-corrected chi connectivity index (χ4v) is 4.52. The quantitative estimate of drug-likeness (QED) is 0.409. The van der Waals surface area contributed by atoms with Crippen LogP contribution in [0.1, 0.15) is 57.1 Å². The number of carbonyl (C=O) groups is 1. The van der Waals surface area contributed by atoms with E-state index in [9.17, 15) is 18.0 Å². The Hall–Kier alpha value is -3.67. The number of nitrogens with zero attached hydrogens (tertiary/aromatic N) is 3. The van der Waals surface area contributed by atoms with Crippen LogP contribution in [0.3, 0.4) is 0 Å². The maximum absolute atomic E-state index is 13.9. The number of aryl methyl sites for hydroxylation is 2. The highest BCUT2D eigenvalue weighted by atomic mass is 19.4. The molecule has 4 rings (SSSR count). The predicted molar refractivity (Wildman–Crippen MR) is 148 cm³/mol. The molecule has 39 heavy (non-hydrogen) atoms. The van der Waals surface area contributed by atoms with Crippen molar-refractivity contribution in [3.8, 4) is 11.8 Å². The minimum absolute atomic E-state index is 0.0986. The van der Waals surface area contributed by atoms with Crippen molar-refractivity contribution in [3.63, 3.8) is 0 Å². The molecule has 1 aliphatic heterocycles. The van der Waals surface area contributed by atoms with E-state index in [2.05, 4.69) is 34.0 Å². The van der Waals surface area contributed by atoms with Gasteiger partial charge in [0.1, 0.15) is 0 Å². The molecule has 2 aromatic carbocycles. The second kappa shape index (κ2) is 12.5. The third kappa shape index (κ3) is 7.69. The number of carbonyl (C=O) groups excluding carboxylic acids is 1. The fraction of sp³-hybridized carbons (Fsp3) is 0.355. The first kappa shape index (κ1) is 28.3. The fourth-order valence-electron chi connectivity index (χ4n) is 4.52. The first-order valence-corrected chi connectivity index (χ1v) is 13.1. The lowest BCUT2D eigenvalue weighted by atomic mass is 10.0. The third-order valence-corrected chi connectivity index (χ3v) is 6.84. The van der Waals surface area contributed by atoms with Crippen molar-refractivity contribution in [2.24, 2.45) is 0 Å². The second-order valence-electron chi connectivity index (χ2n) is 10.0. The first-order chi connectivity index (χ1) is 18.6. The van der Waals surface area contributed by atoms with Crippen molar-refractivity contribution in [1.82, 2.24) is 14.8 Å². The van der Waals surface area contributed by atoms with Gasteiger partial charge in [-0.3, -0.25) is 14.7 Å². The van der Waals surface area contributed by atoms with Gasteiger partial charge in [0.2, 0.25) is 0 Å². The summed E-state index contributed by atoms with van der Waals surface area (Å²) in [5.41, 5.74) is 3.35. The minimum Gasteiger partial charge on any atom is -0.322 e. The van der Waals surface area contributed by atoms with Crippen LogP contribution in [-0.2, 0) is 19.1 Å². The zero-order valence-corrected chi connectivity index (χ0v) is 22.5. The van der Waals surface area contributed by atoms with Crippen LogP contribution >= 0.6 is 0 Å². The van der Waals surface area contributed by atoms with Crippen LogP contribution in [0.25, 0.3) is 0 Å². The highest BCUT2D eigenvalue weighted by Crippen LogP contribution is 2.34. The first-order valence-electron chi connectivity index (χ1n) is 13.1. The summed E-state index contributed by atoms with van der Waals surface area (Å²) >= 11 is 0. The van der Waals surface area contributed by atoms with E-state index < -0.39 is 17.6 Å². The number of hydrogen-bond donors (Lipinski definition) is 1. The lowest BCUT2D eigenvalue weighted by Gasteiger charge is -2.33. The van der Waals surface area contributed by atoms with Crippen molar-refractivity contribution >= 4 is 11.6 Å². The Bertz CT molecular complexity index is 1380. The number of amides is 1. The summed E-state index contributed by atoms with van der Waals surface area (Å²) in [6.45, 7) is 7.28. The van der Waals surface area contributed by atoms with Gasteiger partial charge in [-0.05, 0) is 67.4 Å². The van der Waals surface area contributed by atoms with E-state index in [1.165, 1.54) is 12.1 Å². The van der Waals surface area contributed by atoms with E-state index in [1.54, 1.807) is 24.4 Å². The second-order valence-corrected chi connectivity index (χ2v) is 10.0. The van der Waals surface area contributed by atoms with Gasteiger partial charge in [0, 0.05) is 67.5 Å². The summed E-state index contributed by atoms with van der Waals surface area (Å²) < 4.78 is 41.8. The van der Waals surface area contributed by atoms with Crippen molar-refractivity contribution < 1.29 is 18.0 Å². The Balaban J connectivity index is 1.52. The minimum atomic E-state index is -4.53. The Morgan fingerprint density at radius 2 is 1.79 bits per heavy atom. The number of halogens is 3. The normalized spacial score (nSPS) is 14.5. The molecule has 1 amide bonds. The highest BCUT2D eigenvalue weighted by Gasteiger charge is 2.34. The smallest absolute Gasteiger partial charge is 0.322 e. The molecule has 0 bridgehead atoms. The molecule has 1 fully saturated rings. The molecule has 3 aromatic rings. The standard InChI is InChI=1S/C31H33F3N4O/c1-4-5-23-16-24(20-35-19-23)7-9-25-17-26(8-6-22(25)2)30(39)36-28-11-10-27(29(18-28)31(32,33)34)21-38-14-12-37(3)13-15-38/h6,8,10-11,16-20H,4-5,12-15,21H2,1-3H3,(H,36,39). The number of aromatic nitrogens is 1. The van der Waals surface area contributed by atoms with Gasteiger partial charge in [-0.1, -0.05) is 37.3 Å². The molecule has 0 saturated carbocycles. The number of nitrogens with one attached hydrogen (secondary N) is 1. The van der Waals surface area contributed by atoms with Crippen LogP contribution in [0, 0.1) is 18.8 Å². The van der Waals surface area contributed by atoms with Gasteiger partial charge in [-0.2, -0.15) is 13.2 Å². The average Bonchev–Trinajstić information content (AvgIpc) is 2.90. The SMILES string of the molecule is CCCc1cncc(C#Cc2cc(C(=O)Nc3ccc(CN4CCN(C)CC4)c(C(F)(F)F)c3)ccc2C)c1. The van der Waals surface area contributed by atoms with Crippen LogP contribution in [0.2, 0.25) is 0 Å². The topological polar surface area (TPSA) is 48.5 Å². The maximum Gasteiger partial charge on any atom is 0.416 e. The maximum atomic E-state index is 13.9. The van der Waals surface area contributed by atoms with E-state index in [0.29, 0.717) is 24.2 Å². The number of piperazine rings is 1. The summed E-state index contributed by atoms with van der Waals surface area (Å²) in [5, 5.41) is 2.63. The van der Waals surface area contributed by atoms with Crippen LogP contribution in [-0.4, -0.2) is 53.9 Å². The van der Waals surface area contributed by atoms with Crippen molar-refractivity contribution in [2.45, 2.75) is 39.4 Å². The predicted octanol–water partition coefficient (Wildman–Crippen LogP) is 5.76. The number of rotatable bonds is 6. The Morgan fingerprint density at radius 3 is 2.51 bits per heavy atom. The molecule has 0 unspecified atom stereocenters. The van der Waals surface area contributed by atoms with Crippen LogP contribution < -0.4 is 5.32 Å². The number of hydrogen-bond acceptors (Lipinski definition) is 4. The Kier molecular flexibility index (Phi) is 9.05. The molecule has 0 radical (unpaired) electrons. The molecule has 2 heterocycles. The number of likely N-dealkylation sites (N-methyl/N-ethyl adjacent to an activating group) is 1. The van der Waals surface area contributed by atoms with E-state index >= 15 is 0 Å². The van der Waals surface area contributed by atoms with Gasteiger partial charge in [0.25, 0.3) is 5.91 Å². The molecule has 1 N–H and O–H groups in total. The molecule has 0 aliphatic carbocycles. The summed E-state index contributed by atoms with van der Waals surface area (Å²) in [7, 11) is 2.00. The van der Waals surface area contributed by atoms with Gasteiger partial charge >= 0.3 is 6.18 Å². The monoisotopic (exact) mass is 534 g/mol. The molecular weight excluding hydrogens is 501 g/mol. The van der Waals surface area contributed by atoms with Gasteiger partial charge in [0.15, 0.2) is 0 Å². The van der Waals surface area contributed by atoms with Crippen molar-refractivity contribution in [3.05, 3.63) is 93.8 Å². The highest BCUT2D eigenvalue weighted by molar-refractivity contribution is 6.04. The van der Waals surface area contributed by atoms with E-state index in [4.69, 9.17) is 0 Å². The van der Waals surface area contributed by atoms with Gasteiger partial charge in [-0.15, -0.1) is 0 Å². The molecule has 1 aromatic heterocycles. The number of alkyl halides is 3. The molecule has 1 aliphatic rings. The molecule has 1 saturated heterocycles. The van der Waals surface area contributed by atoms with Crippen LogP contribution in [0.4, 0.5) is 18.9 Å². The van der Waals surface area contributed by atoms with E-state index in [-0.39, 0.29) is 17.8 Å². The van der Waals surface area contributed by atoms with Gasteiger partial charge < -0.3 is 10.2 Å². The zero-order chi connectivity index (χ0) is 28.0. The average molecular weight is 535 g/mol. The van der Waals surface area contributed by atoms with Gasteiger partial charge in [-0.25, -0.2) is 0 Å². The van der Waals surface area contributed by atoms with Crippen LogP contribution in [0.15, 0.2) is 54.9 Å². The Morgan fingerprint density at radius 1 is 1.03 bits per heavy atom. The molecule has 5 nitrogen and oxygen atoms in total. The van der Waals surface area contributed by atoms with Crippen LogP contribution in [0.5, 0.6) is 0 Å². The summed E-state index contributed by atoms with van der Waals surface area (Å²) in [6.07, 6.45) is 0.929. The summed E-state index contributed by atoms with van der Waals surface area (Å²) in [5.74, 6) is 5.72. The molecule has 8 heteroatoms. The lowest BCUT2D eigenvalue weighted by Crippen LogP contribution is -2.44. The largest absolute Gasteiger partial charge is 0.416 e.